The highest BCUT2D eigenvalue weighted by Gasteiger charge is 2.26. The van der Waals surface area contributed by atoms with Gasteiger partial charge in [-0.05, 0) is 12.1 Å². The van der Waals surface area contributed by atoms with E-state index >= 15 is 0 Å². The molecular weight excluding hydrogens is 224 g/mol. The predicted molar refractivity (Wildman–Crippen MR) is 58.4 cm³/mol. The molecule has 1 fully saturated rings. The molecule has 0 bridgehead atoms. The van der Waals surface area contributed by atoms with Gasteiger partial charge in [0.2, 0.25) is 0 Å². The van der Waals surface area contributed by atoms with Gasteiger partial charge in [0.1, 0.15) is 12.7 Å². The molecule has 92 valence electrons. The van der Waals surface area contributed by atoms with Gasteiger partial charge in [-0.15, -0.1) is 0 Å². The molecule has 5 heteroatoms. The van der Waals surface area contributed by atoms with E-state index in [0.29, 0.717) is 12.2 Å². The van der Waals surface area contributed by atoms with Crippen LogP contribution in [0.2, 0.25) is 0 Å². The number of ether oxygens (including phenoxy) is 3. The molecule has 0 unspecified atom stereocenters. The molecule has 0 radical (unpaired) electrons. The smallest absolute Gasteiger partial charge is 0.338 e. The number of carbonyl (C=O) groups excluding carboxylic acids is 1. The van der Waals surface area contributed by atoms with Crippen LogP contribution in [-0.4, -0.2) is 43.3 Å². The molecule has 17 heavy (non-hydrogen) atoms. The van der Waals surface area contributed by atoms with Gasteiger partial charge >= 0.3 is 5.97 Å². The first-order valence-electron chi connectivity index (χ1n) is 5.39. The Morgan fingerprint density at radius 3 is 2.82 bits per heavy atom. The predicted octanol–water partition coefficient (Wildman–Crippen LogP) is 0.577. The first kappa shape index (κ1) is 12.0. The zero-order chi connectivity index (χ0) is 12.1. The lowest BCUT2D eigenvalue weighted by atomic mass is 10.2. The summed E-state index contributed by atoms with van der Waals surface area (Å²) in [6.07, 6.45) is -0.907. The second kappa shape index (κ2) is 5.77. The molecule has 0 amide bonds. The van der Waals surface area contributed by atoms with Crippen LogP contribution in [0.1, 0.15) is 10.4 Å². The minimum atomic E-state index is -0.584. The van der Waals surface area contributed by atoms with Crippen LogP contribution in [0, 0.1) is 0 Å². The van der Waals surface area contributed by atoms with Gasteiger partial charge in [-0.1, -0.05) is 18.2 Å². The van der Waals surface area contributed by atoms with Crippen molar-refractivity contribution in [3.63, 3.8) is 0 Å². The van der Waals surface area contributed by atoms with E-state index in [2.05, 4.69) is 0 Å². The molecule has 1 N–H and O–H groups in total. The molecule has 0 spiro atoms. The second-order valence-corrected chi connectivity index (χ2v) is 3.67. The lowest BCUT2D eigenvalue weighted by Crippen LogP contribution is -2.21. The van der Waals surface area contributed by atoms with Gasteiger partial charge < -0.3 is 19.3 Å². The number of hydrogen-bond donors (Lipinski definition) is 1. The number of rotatable bonds is 4. The van der Waals surface area contributed by atoms with Gasteiger partial charge in [0.05, 0.1) is 18.8 Å². The Kier molecular flexibility index (Phi) is 4.08. The summed E-state index contributed by atoms with van der Waals surface area (Å²) in [5, 5.41) is 8.83. The quantitative estimate of drug-likeness (QED) is 0.777. The molecule has 1 aromatic rings. The molecule has 1 aromatic carbocycles. The Morgan fingerprint density at radius 1 is 1.41 bits per heavy atom. The first-order chi connectivity index (χ1) is 8.29. The first-order valence-corrected chi connectivity index (χ1v) is 5.39. The van der Waals surface area contributed by atoms with Crippen molar-refractivity contribution in [2.45, 2.75) is 12.4 Å². The summed E-state index contributed by atoms with van der Waals surface area (Å²) in [5.74, 6) is -0.412. The van der Waals surface area contributed by atoms with Gasteiger partial charge in [-0.25, -0.2) is 4.79 Å². The third-order valence-electron chi connectivity index (χ3n) is 2.38. The fraction of sp³-hybridized carbons (Fsp3) is 0.417. The van der Waals surface area contributed by atoms with E-state index in [9.17, 15) is 4.79 Å². The average Bonchev–Trinajstić information content (AvgIpc) is 2.85. The summed E-state index contributed by atoms with van der Waals surface area (Å²) in [6, 6.07) is 8.71. The van der Waals surface area contributed by atoms with Crippen LogP contribution in [0.5, 0.6) is 0 Å². The van der Waals surface area contributed by atoms with E-state index in [0.717, 1.165) is 0 Å². The van der Waals surface area contributed by atoms with E-state index in [-0.39, 0.29) is 19.3 Å². The maximum Gasteiger partial charge on any atom is 0.338 e. The zero-order valence-electron chi connectivity index (χ0n) is 9.24. The number of carbonyl (C=O) groups is 1. The normalized spacial score (nSPS) is 23.6. The Morgan fingerprint density at radius 2 is 2.18 bits per heavy atom. The van der Waals surface area contributed by atoms with Crippen molar-refractivity contribution in [3.05, 3.63) is 35.9 Å². The van der Waals surface area contributed by atoms with Crippen molar-refractivity contribution < 1.29 is 24.1 Å². The lowest BCUT2D eigenvalue weighted by molar-refractivity contribution is -0.0972. The number of hydrogen-bond acceptors (Lipinski definition) is 5. The number of benzene rings is 1. The summed E-state index contributed by atoms with van der Waals surface area (Å²) in [5.41, 5.74) is 0.490. The second-order valence-electron chi connectivity index (χ2n) is 3.67. The van der Waals surface area contributed by atoms with Crippen molar-refractivity contribution in [3.8, 4) is 0 Å². The van der Waals surface area contributed by atoms with E-state index in [1.807, 2.05) is 6.07 Å². The van der Waals surface area contributed by atoms with Crippen LogP contribution in [0.4, 0.5) is 0 Å². The minimum Gasteiger partial charge on any atom is -0.457 e. The summed E-state index contributed by atoms with van der Waals surface area (Å²) in [7, 11) is 0. The topological polar surface area (TPSA) is 65.0 Å². The third kappa shape index (κ3) is 3.26. The maximum absolute atomic E-state index is 11.6. The van der Waals surface area contributed by atoms with E-state index in [1.54, 1.807) is 24.3 Å². The lowest BCUT2D eigenvalue weighted by Gasteiger charge is -2.10. The molecule has 1 saturated heterocycles. The SMILES string of the molecule is O=C(OC[C@H]1OC[C@@H](CO)O1)c1ccccc1. The molecule has 1 heterocycles. The Labute approximate surface area is 98.9 Å². The van der Waals surface area contributed by atoms with E-state index in [1.165, 1.54) is 0 Å². The van der Waals surface area contributed by atoms with Crippen LogP contribution in [0.15, 0.2) is 30.3 Å². The highest BCUT2D eigenvalue weighted by Crippen LogP contribution is 2.12. The van der Waals surface area contributed by atoms with Crippen molar-refractivity contribution in [1.29, 1.82) is 0 Å². The average molecular weight is 238 g/mol. The molecule has 1 aliphatic heterocycles. The monoisotopic (exact) mass is 238 g/mol. The van der Waals surface area contributed by atoms with Gasteiger partial charge in [0, 0.05) is 0 Å². The number of esters is 1. The third-order valence-corrected chi connectivity index (χ3v) is 2.38. The van der Waals surface area contributed by atoms with Crippen LogP contribution in [0.25, 0.3) is 0 Å². The fourth-order valence-electron chi connectivity index (χ4n) is 1.49. The summed E-state index contributed by atoms with van der Waals surface area (Å²) >= 11 is 0. The van der Waals surface area contributed by atoms with Crippen LogP contribution in [0.3, 0.4) is 0 Å². The van der Waals surface area contributed by atoms with Crippen LogP contribution < -0.4 is 0 Å². The van der Waals surface area contributed by atoms with Crippen molar-refractivity contribution in [2.24, 2.45) is 0 Å². The highest BCUT2D eigenvalue weighted by atomic mass is 16.7. The van der Waals surface area contributed by atoms with Gasteiger partial charge in [-0.3, -0.25) is 0 Å². The summed E-state index contributed by atoms with van der Waals surface area (Å²) in [4.78, 5) is 11.6. The number of aliphatic hydroxyl groups excluding tert-OH is 1. The molecular formula is C12H14O5. The standard InChI is InChI=1S/C12H14O5/c13-6-10-7-15-11(17-10)8-16-12(14)9-4-2-1-3-5-9/h1-5,10-11,13H,6-8H2/t10-,11+/m1/s1. The van der Waals surface area contributed by atoms with Crippen LogP contribution in [-0.2, 0) is 14.2 Å². The van der Waals surface area contributed by atoms with Crippen molar-refractivity contribution in [2.75, 3.05) is 19.8 Å². The minimum absolute atomic E-state index is 0.0320. The molecule has 2 atom stereocenters. The van der Waals surface area contributed by atoms with E-state index in [4.69, 9.17) is 19.3 Å². The van der Waals surface area contributed by atoms with Gasteiger partial charge in [-0.2, -0.15) is 0 Å². The van der Waals surface area contributed by atoms with Crippen molar-refractivity contribution in [1.82, 2.24) is 0 Å². The Balaban J connectivity index is 1.78. The summed E-state index contributed by atoms with van der Waals surface area (Å²) in [6.45, 7) is 0.261. The zero-order valence-corrected chi connectivity index (χ0v) is 9.24. The molecule has 0 saturated carbocycles. The van der Waals surface area contributed by atoms with Crippen molar-refractivity contribution >= 4 is 5.97 Å². The van der Waals surface area contributed by atoms with E-state index < -0.39 is 12.3 Å². The molecule has 2 rings (SSSR count). The molecule has 0 aliphatic carbocycles. The molecule has 5 nitrogen and oxygen atoms in total. The number of aliphatic hydroxyl groups is 1. The summed E-state index contributed by atoms with van der Waals surface area (Å²) < 4.78 is 15.5. The maximum atomic E-state index is 11.6. The Bertz CT molecular complexity index is 364. The molecule has 0 aromatic heterocycles. The Hall–Kier alpha value is -1.43. The van der Waals surface area contributed by atoms with Gasteiger partial charge in [0.15, 0.2) is 6.29 Å². The largest absolute Gasteiger partial charge is 0.457 e. The van der Waals surface area contributed by atoms with Gasteiger partial charge in [0.25, 0.3) is 0 Å². The highest BCUT2D eigenvalue weighted by molar-refractivity contribution is 5.89. The molecule has 1 aliphatic rings. The fourth-order valence-corrected chi connectivity index (χ4v) is 1.49. The van der Waals surface area contributed by atoms with Crippen LogP contribution >= 0.6 is 0 Å².